The highest BCUT2D eigenvalue weighted by Crippen LogP contribution is 2.32. The number of hydrogen-bond acceptors (Lipinski definition) is 3. The SMILES string of the molecule is CN(C)CCc1c[nH]c2c(C#N)ccc(OCc3ccccc3)c12. The number of nitriles is 1. The van der Waals surface area contributed by atoms with E-state index < -0.39 is 0 Å². The zero-order chi connectivity index (χ0) is 16.9. The average Bonchev–Trinajstić information content (AvgIpc) is 3.03. The molecule has 4 nitrogen and oxygen atoms in total. The van der Waals surface area contributed by atoms with Crippen molar-refractivity contribution in [2.45, 2.75) is 13.0 Å². The van der Waals surface area contributed by atoms with Crippen LogP contribution in [0, 0.1) is 11.3 Å². The molecule has 0 bridgehead atoms. The number of likely N-dealkylation sites (N-methyl/N-ethyl adjacent to an activating group) is 1. The quantitative estimate of drug-likeness (QED) is 0.753. The summed E-state index contributed by atoms with van der Waals surface area (Å²) in [7, 11) is 4.12. The van der Waals surface area contributed by atoms with E-state index >= 15 is 0 Å². The van der Waals surface area contributed by atoms with Crippen molar-refractivity contribution in [2.75, 3.05) is 20.6 Å². The smallest absolute Gasteiger partial charge is 0.129 e. The Kier molecular flexibility index (Phi) is 4.83. The summed E-state index contributed by atoms with van der Waals surface area (Å²) >= 11 is 0. The number of fused-ring (bicyclic) bond motifs is 1. The van der Waals surface area contributed by atoms with E-state index in [9.17, 15) is 5.26 Å². The van der Waals surface area contributed by atoms with E-state index in [2.05, 4.69) is 30.0 Å². The first-order valence-corrected chi connectivity index (χ1v) is 8.03. The summed E-state index contributed by atoms with van der Waals surface area (Å²) in [4.78, 5) is 5.40. The predicted molar refractivity (Wildman–Crippen MR) is 96.0 cm³/mol. The lowest BCUT2D eigenvalue weighted by Gasteiger charge is -2.12. The van der Waals surface area contributed by atoms with Gasteiger partial charge in [0.1, 0.15) is 18.4 Å². The highest BCUT2D eigenvalue weighted by Gasteiger charge is 2.14. The Bertz CT molecular complexity index is 860. The van der Waals surface area contributed by atoms with Gasteiger partial charge in [0, 0.05) is 18.1 Å². The van der Waals surface area contributed by atoms with Crippen LogP contribution in [0.25, 0.3) is 10.9 Å². The lowest BCUT2D eigenvalue weighted by Crippen LogP contribution is -2.14. The molecule has 0 atom stereocenters. The van der Waals surface area contributed by atoms with Crippen LogP contribution in [0.3, 0.4) is 0 Å². The second-order valence-corrected chi connectivity index (χ2v) is 6.11. The Labute approximate surface area is 142 Å². The second-order valence-electron chi connectivity index (χ2n) is 6.11. The Morgan fingerprint density at radius 1 is 1.12 bits per heavy atom. The summed E-state index contributed by atoms with van der Waals surface area (Å²) in [6, 6.07) is 16.1. The van der Waals surface area contributed by atoms with Crippen LogP contribution in [0.5, 0.6) is 5.75 Å². The van der Waals surface area contributed by atoms with Gasteiger partial charge < -0.3 is 14.6 Å². The van der Waals surface area contributed by atoms with E-state index in [0.717, 1.165) is 35.2 Å². The summed E-state index contributed by atoms with van der Waals surface area (Å²) in [5.41, 5.74) is 3.81. The molecule has 4 heteroatoms. The fraction of sp³-hybridized carbons (Fsp3) is 0.250. The van der Waals surface area contributed by atoms with Gasteiger partial charge in [-0.3, -0.25) is 0 Å². The van der Waals surface area contributed by atoms with Crippen LogP contribution >= 0.6 is 0 Å². The van der Waals surface area contributed by atoms with Crippen molar-refractivity contribution < 1.29 is 4.74 Å². The molecular formula is C20H21N3O. The van der Waals surface area contributed by atoms with E-state index in [0.29, 0.717) is 12.2 Å². The molecule has 0 saturated heterocycles. The molecule has 0 spiro atoms. The summed E-state index contributed by atoms with van der Waals surface area (Å²) in [5.74, 6) is 0.822. The van der Waals surface area contributed by atoms with Gasteiger partial charge in [-0.1, -0.05) is 30.3 Å². The number of H-pyrrole nitrogens is 1. The number of nitrogens with one attached hydrogen (secondary N) is 1. The number of benzene rings is 2. The number of aromatic nitrogens is 1. The Balaban J connectivity index is 1.94. The highest BCUT2D eigenvalue weighted by atomic mass is 16.5. The first-order chi connectivity index (χ1) is 11.7. The van der Waals surface area contributed by atoms with E-state index in [1.165, 1.54) is 5.56 Å². The van der Waals surface area contributed by atoms with Gasteiger partial charge in [-0.05, 0) is 43.8 Å². The van der Waals surface area contributed by atoms with Crippen LogP contribution in [0.4, 0.5) is 0 Å². The molecular weight excluding hydrogens is 298 g/mol. The topological polar surface area (TPSA) is 52.0 Å². The van der Waals surface area contributed by atoms with Crippen molar-refractivity contribution in [3.05, 3.63) is 65.4 Å². The monoisotopic (exact) mass is 319 g/mol. The third-order valence-corrected chi connectivity index (χ3v) is 4.06. The molecule has 24 heavy (non-hydrogen) atoms. The van der Waals surface area contributed by atoms with Gasteiger partial charge in [-0.15, -0.1) is 0 Å². The molecule has 122 valence electrons. The predicted octanol–water partition coefficient (Wildman–Crippen LogP) is 3.72. The minimum absolute atomic E-state index is 0.514. The van der Waals surface area contributed by atoms with Gasteiger partial charge in [0.2, 0.25) is 0 Å². The molecule has 0 radical (unpaired) electrons. The summed E-state index contributed by atoms with van der Waals surface area (Å²) in [6.07, 6.45) is 2.90. The fourth-order valence-electron chi connectivity index (χ4n) is 2.77. The van der Waals surface area contributed by atoms with Gasteiger partial charge in [0.05, 0.1) is 11.1 Å². The van der Waals surface area contributed by atoms with Gasteiger partial charge in [-0.2, -0.15) is 5.26 Å². The molecule has 1 aromatic heterocycles. The van der Waals surface area contributed by atoms with Crippen molar-refractivity contribution in [3.63, 3.8) is 0 Å². The van der Waals surface area contributed by atoms with E-state index in [1.54, 1.807) is 0 Å². The fourth-order valence-corrected chi connectivity index (χ4v) is 2.77. The Morgan fingerprint density at radius 3 is 2.62 bits per heavy atom. The zero-order valence-corrected chi connectivity index (χ0v) is 14.0. The van der Waals surface area contributed by atoms with Crippen LogP contribution in [0.2, 0.25) is 0 Å². The summed E-state index contributed by atoms with van der Waals surface area (Å²) in [6.45, 7) is 1.46. The average molecular weight is 319 g/mol. The van der Waals surface area contributed by atoms with Crippen molar-refractivity contribution in [2.24, 2.45) is 0 Å². The third kappa shape index (κ3) is 3.42. The number of hydrogen-bond donors (Lipinski definition) is 1. The third-order valence-electron chi connectivity index (χ3n) is 4.06. The molecule has 0 aliphatic carbocycles. The Hall–Kier alpha value is -2.77. The van der Waals surface area contributed by atoms with E-state index in [4.69, 9.17) is 4.74 Å². The second kappa shape index (κ2) is 7.20. The van der Waals surface area contributed by atoms with Crippen molar-refractivity contribution in [3.8, 4) is 11.8 Å². The molecule has 0 unspecified atom stereocenters. The molecule has 0 amide bonds. The van der Waals surface area contributed by atoms with Gasteiger partial charge in [-0.25, -0.2) is 0 Å². The molecule has 0 fully saturated rings. The minimum atomic E-state index is 0.514. The highest BCUT2D eigenvalue weighted by molar-refractivity contribution is 5.93. The van der Waals surface area contributed by atoms with Gasteiger partial charge >= 0.3 is 0 Å². The van der Waals surface area contributed by atoms with E-state index in [-0.39, 0.29) is 0 Å². The molecule has 0 aliphatic rings. The number of nitrogens with zero attached hydrogens (tertiary/aromatic N) is 2. The van der Waals surface area contributed by atoms with Crippen LogP contribution in [0.15, 0.2) is 48.7 Å². The van der Waals surface area contributed by atoms with Crippen LogP contribution in [-0.2, 0) is 13.0 Å². The maximum Gasteiger partial charge on any atom is 0.129 e. The number of rotatable bonds is 6. The maximum atomic E-state index is 9.34. The number of ether oxygens (including phenoxy) is 1. The van der Waals surface area contributed by atoms with Crippen LogP contribution in [-0.4, -0.2) is 30.5 Å². The summed E-state index contributed by atoms with van der Waals surface area (Å²) < 4.78 is 6.07. The first kappa shape index (κ1) is 16.1. The zero-order valence-electron chi connectivity index (χ0n) is 14.0. The molecule has 1 N–H and O–H groups in total. The molecule has 2 aromatic carbocycles. The largest absolute Gasteiger partial charge is 0.488 e. The normalized spacial score (nSPS) is 10.9. The van der Waals surface area contributed by atoms with Crippen LogP contribution < -0.4 is 4.74 Å². The van der Waals surface area contributed by atoms with Gasteiger partial charge in [0.15, 0.2) is 0 Å². The molecule has 1 heterocycles. The number of aromatic amines is 1. The maximum absolute atomic E-state index is 9.34. The van der Waals surface area contributed by atoms with Crippen molar-refractivity contribution in [1.82, 2.24) is 9.88 Å². The molecule has 3 aromatic rings. The summed E-state index contributed by atoms with van der Waals surface area (Å²) in [5, 5.41) is 10.4. The van der Waals surface area contributed by atoms with Crippen molar-refractivity contribution in [1.29, 1.82) is 5.26 Å². The molecule has 3 rings (SSSR count). The standard InChI is InChI=1S/C20H21N3O/c1-23(2)11-10-17-13-22-20-16(12-21)8-9-18(19(17)20)24-14-15-6-4-3-5-7-15/h3-9,13,22H,10-11,14H2,1-2H3. The molecule has 0 saturated carbocycles. The van der Waals surface area contributed by atoms with Crippen LogP contribution in [0.1, 0.15) is 16.7 Å². The lowest BCUT2D eigenvalue weighted by molar-refractivity contribution is 0.310. The first-order valence-electron chi connectivity index (χ1n) is 8.03. The lowest BCUT2D eigenvalue weighted by atomic mass is 10.1. The Morgan fingerprint density at radius 2 is 1.92 bits per heavy atom. The van der Waals surface area contributed by atoms with E-state index in [1.807, 2.05) is 48.7 Å². The van der Waals surface area contributed by atoms with Gasteiger partial charge in [0.25, 0.3) is 0 Å². The van der Waals surface area contributed by atoms with Crippen molar-refractivity contribution >= 4 is 10.9 Å². The molecule has 0 aliphatic heterocycles. The minimum Gasteiger partial charge on any atom is -0.488 e.